The third-order valence-electron chi connectivity index (χ3n) is 6.85. The third-order valence-corrected chi connectivity index (χ3v) is 8.56. The van der Waals surface area contributed by atoms with E-state index < -0.39 is 13.7 Å². The lowest BCUT2D eigenvalue weighted by molar-refractivity contribution is 0.0191. The van der Waals surface area contributed by atoms with E-state index in [0.717, 1.165) is 46.6 Å². The van der Waals surface area contributed by atoms with Crippen molar-refractivity contribution in [1.82, 2.24) is 19.4 Å². The van der Waals surface area contributed by atoms with Gasteiger partial charge in [-0.15, -0.1) is 0 Å². The summed E-state index contributed by atoms with van der Waals surface area (Å²) in [6, 6.07) is 7.17. The van der Waals surface area contributed by atoms with E-state index in [0.29, 0.717) is 32.1 Å². The molecule has 1 atom stereocenters. The molecule has 1 aliphatic rings. The van der Waals surface area contributed by atoms with E-state index in [9.17, 15) is 10.1 Å². The minimum atomic E-state index is -1.21. The Bertz CT molecular complexity index is 1350. The van der Waals surface area contributed by atoms with Crippen LogP contribution < -0.4 is 4.90 Å². The van der Waals surface area contributed by atoms with Gasteiger partial charge in [0, 0.05) is 45.9 Å². The molecule has 1 unspecified atom stereocenters. The number of nitriles is 1. The van der Waals surface area contributed by atoms with Crippen LogP contribution in [0.25, 0.3) is 21.9 Å². The Balaban J connectivity index is 1.67. The quantitative estimate of drug-likeness (QED) is 0.273. The van der Waals surface area contributed by atoms with Crippen molar-refractivity contribution in [3.63, 3.8) is 0 Å². The van der Waals surface area contributed by atoms with Crippen LogP contribution in [0.1, 0.15) is 39.8 Å². The highest BCUT2D eigenvalue weighted by molar-refractivity contribution is 6.76. The predicted octanol–water partition coefficient (Wildman–Crippen LogP) is 5.60. The number of fused-ring (bicyclic) bond motifs is 3. The molecule has 10 heteroatoms. The number of hydrogen-bond acceptors (Lipinski definition) is 7. The van der Waals surface area contributed by atoms with Crippen molar-refractivity contribution in [2.24, 2.45) is 0 Å². The monoisotopic (exact) mass is 536 g/mol. The largest absolute Gasteiger partial charge is 0.444 e. The van der Waals surface area contributed by atoms with Gasteiger partial charge in [0.1, 0.15) is 29.7 Å². The van der Waals surface area contributed by atoms with Crippen molar-refractivity contribution in [1.29, 1.82) is 5.26 Å². The van der Waals surface area contributed by atoms with Crippen LogP contribution in [0.5, 0.6) is 0 Å². The van der Waals surface area contributed by atoms with Gasteiger partial charge in [0.2, 0.25) is 0 Å². The zero-order chi connectivity index (χ0) is 27.7. The highest BCUT2D eigenvalue weighted by Crippen LogP contribution is 2.37. The van der Waals surface area contributed by atoms with Gasteiger partial charge in [0.05, 0.1) is 28.8 Å². The Morgan fingerprint density at radius 2 is 2.05 bits per heavy atom. The minimum absolute atomic E-state index is 0.0487. The number of amides is 1. The van der Waals surface area contributed by atoms with E-state index in [1.54, 1.807) is 6.20 Å². The summed E-state index contributed by atoms with van der Waals surface area (Å²) in [7, 11) is -1.21. The number of likely N-dealkylation sites (N-methyl/N-ethyl adjacent to an activating group) is 1. The molecule has 0 spiro atoms. The third kappa shape index (κ3) is 6.10. The molecule has 0 aromatic carbocycles. The number of carbonyl (C=O) groups is 1. The van der Waals surface area contributed by atoms with Crippen LogP contribution in [0.2, 0.25) is 25.7 Å². The number of aromatic nitrogens is 3. The summed E-state index contributed by atoms with van der Waals surface area (Å²) in [5, 5.41) is 11.5. The number of anilines is 1. The maximum absolute atomic E-state index is 12.9. The molecule has 3 aromatic heterocycles. The van der Waals surface area contributed by atoms with Crippen molar-refractivity contribution >= 4 is 41.8 Å². The number of pyridine rings is 2. The highest BCUT2D eigenvalue weighted by Gasteiger charge is 2.33. The Morgan fingerprint density at radius 1 is 1.29 bits per heavy atom. The molecule has 1 saturated heterocycles. The van der Waals surface area contributed by atoms with E-state index in [4.69, 9.17) is 14.5 Å². The minimum Gasteiger partial charge on any atom is -0.444 e. The van der Waals surface area contributed by atoms with Gasteiger partial charge in [-0.2, -0.15) is 5.26 Å². The lowest BCUT2D eigenvalue weighted by Crippen LogP contribution is -2.44. The molecule has 4 heterocycles. The molecule has 0 aliphatic carbocycles. The fraction of sp³-hybridized carbons (Fsp3) is 0.571. The number of nitrogens with zero attached hydrogens (tertiary/aromatic N) is 6. The fourth-order valence-electron chi connectivity index (χ4n) is 4.94. The van der Waals surface area contributed by atoms with E-state index >= 15 is 0 Å². The van der Waals surface area contributed by atoms with Gasteiger partial charge >= 0.3 is 6.09 Å². The average molecular weight is 537 g/mol. The average Bonchev–Trinajstić information content (AvgIpc) is 3.43. The van der Waals surface area contributed by atoms with Crippen LogP contribution in [0.3, 0.4) is 0 Å². The van der Waals surface area contributed by atoms with E-state index in [2.05, 4.69) is 40.2 Å². The van der Waals surface area contributed by atoms with E-state index in [-0.39, 0.29) is 12.1 Å². The molecular formula is C28H40N6O3Si. The Morgan fingerprint density at radius 3 is 2.71 bits per heavy atom. The van der Waals surface area contributed by atoms with Gasteiger partial charge in [0.25, 0.3) is 0 Å². The van der Waals surface area contributed by atoms with Crippen molar-refractivity contribution in [2.45, 2.75) is 78.2 Å². The summed E-state index contributed by atoms with van der Waals surface area (Å²) < 4.78 is 13.8. The van der Waals surface area contributed by atoms with Crippen LogP contribution in [0, 0.1) is 11.3 Å². The molecule has 3 aromatic rings. The Labute approximate surface area is 226 Å². The first-order valence-corrected chi connectivity index (χ1v) is 17.1. The molecule has 1 fully saturated rings. The molecule has 1 aliphatic heterocycles. The van der Waals surface area contributed by atoms with E-state index in [1.165, 1.54) is 0 Å². The van der Waals surface area contributed by atoms with Crippen molar-refractivity contribution in [2.75, 3.05) is 31.1 Å². The van der Waals surface area contributed by atoms with Crippen LogP contribution in [0.4, 0.5) is 10.5 Å². The van der Waals surface area contributed by atoms with Crippen molar-refractivity contribution < 1.29 is 14.3 Å². The van der Waals surface area contributed by atoms with Gasteiger partial charge in [-0.25, -0.2) is 14.8 Å². The summed E-state index contributed by atoms with van der Waals surface area (Å²) in [5.74, 6) is 0. The summed E-state index contributed by atoms with van der Waals surface area (Å²) >= 11 is 0. The second-order valence-electron chi connectivity index (χ2n) is 12.2. The SMILES string of the molecule is CCN(C(=O)OC(C)(C)C)C1CCN(c2ccnc3c2c2cc(C#N)ncc2n3COCC[Si](C)(C)C)C1. The smallest absolute Gasteiger partial charge is 0.410 e. The summed E-state index contributed by atoms with van der Waals surface area (Å²) in [6.07, 6.45) is 4.14. The van der Waals surface area contributed by atoms with Crippen LogP contribution >= 0.6 is 0 Å². The highest BCUT2D eigenvalue weighted by atomic mass is 28.3. The summed E-state index contributed by atoms with van der Waals surface area (Å²) in [4.78, 5) is 26.1. The fourth-order valence-corrected chi connectivity index (χ4v) is 5.70. The van der Waals surface area contributed by atoms with Crippen LogP contribution in [-0.4, -0.2) is 71.5 Å². The van der Waals surface area contributed by atoms with Gasteiger partial charge in [-0.05, 0) is 52.3 Å². The first-order chi connectivity index (χ1) is 17.9. The zero-order valence-corrected chi connectivity index (χ0v) is 24.7. The van der Waals surface area contributed by atoms with Crippen molar-refractivity contribution in [3.8, 4) is 6.07 Å². The number of ether oxygens (including phenoxy) is 2. The molecule has 0 bridgehead atoms. The van der Waals surface area contributed by atoms with Crippen LogP contribution in [0.15, 0.2) is 24.5 Å². The van der Waals surface area contributed by atoms with E-state index in [1.807, 2.05) is 50.9 Å². The maximum Gasteiger partial charge on any atom is 0.410 e. The first-order valence-electron chi connectivity index (χ1n) is 13.4. The van der Waals surface area contributed by atoms with Gasteiger partial charge < -0.3 is 19.3 Å². The van der Waals surface area contributed by atoms with Crippen LogP contribution in [-0.2, 0) is 16.2 Å². The van der Waals surface area contributed by atoms with Gasteiger partial charge in [0.15, 0.2) is 0 Å². The Kier molecular flexibility index (Phi) is 8.00. The number of hydrogen-bond donors (Lipinski definition) is 0. The predicted molar refractivity (Wildman–Crippen MR) is 153 cm³/mol. The summed E-state index contributed by atoms with van der Waals surface area (Å²) in [6.45, 7) is 17.8. The second-order valence-corrected chi connectivity index (χ2v) is 17.8. The second kappa shape index (κ2) is 10.9. The first kappa shape index (κ1) is 27.9. The molecule has 9 nitrogen and oxygen atoms in total. The maximum atomic E-state index is 12.9. The van der Waals surface area contributed by atoms with Gasteiger partial charge in [-0.3, -0.25) is 4.57 Å². The molecule has 0 saturated carbocycles. The summed E-state index contributed by atoms with van der Waals surface area (Å²) in [5.41, 5.74) is 2.58. The number of rotatable bonds is 8. The molecule has 0 radical (unpaired) electrons. The topological polar surface area (TPSA) is 96.5 Å². The zero-order valence-electron chi connectivity index (χ0n) is 23.7. The molecule has 204 valence electrons. The lowest BCUT2D eigenvalue weighted by Gasteiger charge is -2.31. The number of carbonyl (C=O) groups excluding carboxylic acids is 1. The standard InChI is InChI=1S/C28H40N6O3Si/c1-8-33(27(35)37-28(2,3)4)21-10-12-32(18-21)23-9-11-30-26-25(23)22-15-20(16-29)31-17-24(22)34(26)19-36-13-14-38(5,6)7/h9,11,15,17,21H,8,10,12-14,18-19H2,1-7H3. The Hall–Kier alpha value is -3.16. The molecule has 38 heavy (non-hydrogen) atoms. The normalized spacial score (nSPS) is 16.3. The molecule has 0 N–H and O–H groups in total. The molecule has 4 rings (SSSR count). The van der Waals surface area contributed by atoms with Gasteiger partial charge in [-0.1, -0.05) is 19.6 Å². The van der Waals surface area contributed by atoms with Crippen molar-refractivity contribution in [3.05, 3.63) is 30.2 Å². The lowest BCUT2D eigenvalue weighted by atomic mass is 10.1. The molecule has 1 amide bonds. The molecular weight excluding hydrogens is 496 g/mol.